The van der Waals surface area contributed by atoms with Crippen LogP contribution in [0, 0.1) is 0 Å². The molecule has 0 heterocycles. The second-order valence-corrected chi connectivity index (χ2v) is 5.89. The lowest BCUT2D eigenvalue weighted by molar-refractivity contribution is 1.48. The van der Waals surface area contributed by atoms with Crippen molar-refractivity contribution in [3.05, 3.63) is 94.0 Å². The Morgan fingerprint density at radius 1 is 0.542 bits per heavy atom. The Balaban J connectivity index is 1.72. The number of halogens is 2. The predicted octanol–water partition coefficient (Wildman–Crippen LogP) is 6.49. The normalized spacial score (nSPS) is 11.4. The predicted molar refractivity (Wildman–Crippen MR) is 104 cm³/mol. The van der Waals surface area contributed by atoms with Crippen LogP contribution in [0.2, 0.25) is 10.0 Å². The number of hydrogen-bond donors (Lipinski definition) is 0. The van der Waals surface area contributed by atoms with Crippen LogP contribution in [0.5, 0.6) is 0 Å². The third kappa shape index (κ3) is 4.31. The molecule has 0 saturated carbocycles. The molecule has 0 aliphatic carbocycles. The quantitative estimate of drug-likeness (QED) is 0.479. The standard InChI is InChI=1S/C20H14Cl2N2/c21-19-7-3-1-5-15(19)13-23-17-9-11-18(12-10-17)24-14-16-6-2-4-8-20(16)22/h1-14H. The molecule has 0 fully saturated rings. The monoisotopic (exact) mass is 352 g/mol. The Labute approximate surface area is 151 Å². The minimum atomic E-state index is 0.683. The summed E-state index contributed by atoms with van der Waals surface area (Å²) >= 11 is 12.2. The number of benzene rings is 3. The van der Waals surface area contributed by atoms with Gasteiger partial charge in [-0.15, -0.1) is 0 Å². The molecule has 0 saturated heterocycles. The SMILES string of the molecule is Clc1ccccc1C=Nc1ccc(N=Cc2ccccc2Cl)cc1. The molecule has 0 radical (unpaired) electrons. The first-order valence-corrected chi connectivity index (χ1v) is 8.15. The minimum absolute atomic E-state index is 0.683. The Kier molecular flexibility index (Phi) is 5.42. The first-order chi connectivity index (χ1) is 11.7. The number of nitrogens with zero attached hydrogens (tertiary/aromatic N) is 2. The fraction of sp³-hybridized carbons (Fsp3) is 0. The van der Waals surface area contributed by atoms with E-state index in [0.29, 0.717) is 10.0 Å². The third-order valence-electron chi connectivity index (χ3n) is 3.37. The van der Waals surface area contributed by atoms with Gasteiger partial charge in [0.1, 0.15) is 0 Å². The summed E-state index contributed by atoms with van der Waals surface area (Å²) in [6.45, 7) is 0. The summed E-state index contributed by atoms with van der Waals surface area (Å²) in [6.07, 6.45) is 3.51. The molecule has 0 amide bonds. The van der Waals surface area contributed by atoms with E-state index in [9.17, 15) is 0 Å². The van der Waals surface area contributed by atoms with Crippen molar-refractivity contribution in [3.63, 3.8) is 0 Å². The van der Waals surface area contributed by atoms with E-state index in [1.54, 1.807) is 12.4 Å². The van der Waals surface area contributed by atoms with Crippen LogP contribution in [0.1, 0.15) is 11.1 Å². The number of rotatable bonds is 4. The highest BCUT2D eigenvalue weighted by Crippen LogP contribution is 2.20. The lowest BCUT2D eigenvalue weighted by Crippen LogP contribution is -1.82. The Bertz CT molecular complexity index is 810. The minimum Gasteiger partial charge on any atom is -0.256 e. The fourth-order valence-corrected chi connectivity index (χ4v) is 2.44. The van der Waals surface area contributed by atoms with E-state index in [1.165, 1.54) is 0 Å². The van der Waals surface area contributed by atoms with E-state index < -0.39 is 0 Å². The molecule has 118 valence electrons. The van der Waals surface area contributed by atoms with Crippen LogP contribution in [-0.4, -0.2) is 12.4 Å². The van der Waals surface area contributed by atoms with Gasteiger partial charge in [-0.2, -0.15) is 0 Å². The van der Waals surface area contributed by atoms with Gasteiger partial charge in [0.05, 0.1) is 11.4 Å². The molecular formula is C20H14Cl2N2. The van der Waals surface area contributed by atoms with E-state index >= 15 is 0 Å². The Morgan fingerprint density at radius 3 is 1.29 bits per heavy atom. The van der Waals surface area contributed by atoms with Crippen molar-refractivity contribution in [2.45, 2.75) is 0 Å². The summed E-state index contributed by atoms with van der Waals surface area (Å²) < 4.78 is 0. The number of aliphatic imine (C=N–C) groups is 2. The molecule has 24 heavy (non-hydrogen) atoms. The molecule has 0 bridgehead atoms. The highest BCUT2D eigenvalue weighted by Gasteiger charge is 1.96. The van der Waals surface area contributed by atoms with E-state index in [1.807, 2.05) is 72.8 Å². The zero-order valence-corrected chi connectivity index (χ0v) is 14.2. The average Bonchev–Trinajstić information content (AvgIpc) is 2.61. The molecule has 3 aromatic carbocycles. The summed E-state index contributed by atoms with van der Waals surface area (Å²) in [5, 5.41) is 1.37. The van der Waals surface area contributed by atoms with Gasteiger partial charge >= 0.3 is 0 Å². The molecule has 3 rings (SSSR count). The molecule has 4 heteroatoms. The highest BCUT2D eigenvalue weighted by atomic mass is 35.5. The molecule has 2 nitrogen and oxygen atoms in total. The zero-order chi connectivity index (χ0) is 16.8. The van der Waals surface area contributed by atoms with Crippen LogP contribution in [0.25, 0.3) is 0 Å². The Hall–Kier alpha value is -2.42. The first-order valence-electron chi connectivity index (χ1n) is 7.39. The van der Waals surface area contributed by atoms with Crippen molar-refractivity contribution >= 4 is 47.0 Å². The summed E-state index contributed by atoms with van der Waals surface area (Å²) in [6, 6.07) is 22.8. The van der Waals surface area contributed by atoms with Gasteiger partial charge in [-0.05, 0) is 36.4 Å². The van der Waals surface area contributed by atoms with Crippen molar-refractivity contribution in [2.75, 3.05) is 0 Å². The van der Waals surface area contributed by atoms with E-state index in [4.69, 9.17) is 23.2 Å². The molecular weight excluding hydrogens is 339 g/mol. The van der Waals surface area contributed by atoms with Crippen LogP contribution in [0.4, 0.5) is 11.4 Å². The van der Waals surface area contributed by atoms with E-state index in [-0.39, 0.29) is 0 Å². The number of hydrogen-bond acceptors (Lipinski definition) is 2. The molecule has 0 N–H and O–H groups in total. The van der Waals surface area contributed by atoms with Crippen molar-refractivity contribution in [1.82, 2.24) is 0 Å². The largest absolute Gasteiger partial charge is 0.256 e. The maximum atomic E-state index is 6.11. The highest BCUT2D eigenvalue weighted by molar-refractivity contribution is 6.33. The van der Waals surface area contributed by atoms with Gasteiger partial charge in [0.2, 0.25) is 0 Å². The molecule has 0 aliphatic rings. The van der Waals surface area contributed by atoms with Crippen molar-refractivity contribution in [1.29, 1.82) is 0 Å². The van der Waals surface area contributed by atoms with Gasteiger partial charge in [0, 0.05) is 33.6 Å². The van der Waals surface area contributed by atoms with Gasteiger partial charge in [-0.25, -0.2) is 0 Å². The van der Waals surface area contributed by atoms with Crippen LogP contribution >= 0.6 is 23.2 Å². The van der Waals surface area contributed by atoms with Gasteiger partial charge < -0.3 is 0 Å². The van der Waals surface area contributed by atoms with Gasteiger partial charge in [0.25, 0.3) is 0 Å². The zero-order valence-electron chi connectivity index (χ0n) is 12.7. The van der Waals surface area contributed by atoms with Crippen LogP contribution in [-0.2, 0) is 0 Å². The molecule has 0 atom stereocenters. The van der Waals surface area contributed by atoms with Crippen molar-refractivity contribution in [3.8, 4) is 0 Å². The lowest BCUT2D eigenvalue weighted by atomic mass is 10.2. The van der Waals surface area contributed by atoms with Crippen molar-refractivity contribution < 1.29 is 0 Å². The summed E-state index contributed by atoms with van der Waals surface area (Å²) in [5.74, 6) is 0. The topological polar surface area (TPSA) is 24.7 Å². The molecule has 0 spiro atoms. The molecule has 0 unspecified atom stereocenters. The van der Waals surface area contributed by atoms with E-state index in [0.717, 1.165) is 22.5 Å². The third-order valence-corrected chi connectivity index (χ3v) is 4.05. The molecule has 0 aliphatic heterocycles. The maximum Gasteiger partial charge on any atom is 0.0631 e. The second-order valence-electron chi connectivity index (χ2n) is 5.08. The smallest absolute Gasteiger partial charge is 0.0631 e. The van der Waals surface area contributed by atoms with E-state index in [2.05, 4.69) is 9.98 Å². The summed E-state index contributed by atoms with van der Waals surface area (Å²) in [5.41, 5.74) is 3.46. The molecule has 0 aromatic heterocycles. The van der Waals surface area contributed by atoms with Gasteiger partial charge in [-0.1, -0.05) is 59.6 Å². The second kappa shape index (κ2) is 7.91. The van der Waals surface area contributed by atoms with Crippen molar-refractivity contribution in [2.24, 2.45) is 9.98 Å². The molecule has 3 aromatic rings. The van der Waals surface area contributed by atoms with Crippen LogP contribution in [0.15, 0.2) is 82.8 Å². The Morgan fingerprint density at radius 2 is 0.917 bits per heavy atom. The maximum absolute atomic E-state index is 6.11. The van der Waals surface area contributed by atoms with Crippen LogP contribution < -0.4 is 0 Å². The lowest BCUT2D eigenvalue weighted by Gasteiger charge is -1.99. The average molecular weight is 353 g/mol. The summed E-state index contributed by atoms with van der Waals surface area (Å²) in [4.78, 5) is 8.86. The van der Waals surface area contributed by atoms with Gasteiger partial charge in [0.15, 0.2) is 0 Å². The summed E-state index contributed by atoms with van der Waals surface area (Å²) in [7, 11) is 0. The first kappa shape index (κ1) is 16.4. The van der Waals surface area contributed by atoms with Crippen LogP contribution in [0.3, 0.4) is 0 Å². The fourth-order valence-electron chi connectivity index (χ4n) is 2.07. The van der Waals surface area contributed by atoms with Gasteiger partial charge in [-0.3, -0.25) is 9.98 Å².